The van der Waals surface area contributed by atoms with Gasteiger partial charge in [-0.3, -0.25) is 14.4 Å². The van der Waals surface area contributed by atoms with Crippen LogP contribution in [-0.2, 0) is 16.1 Å². The van der Waals surface area contributed by atoms with Crippen LogP contribution in [0.5, 0.6) is 0 Å². The fourth-order valence-electron chi connectivity index (χ4n) is 3.16. The average molecular weight is 374 g/mol. The number of aromatic nitrogens is 3. The largest absolute Gasteiger partial charge is 0.361 e. The maximum absolute atomic E-state index is 12.7. The van der Waals surface area contributed by atoms with Crippen LogP contribution < -0.4 is 10.6 Å². The molecule has 1 saturated heterocycles. The Hall–Kier alpha value is -3.17. The van der Waals surface area contributed by atoms with Crippen LogP contribution in [0.25, 0.3) is 0 Å². The second-order valence-electron chi connectivity index (χ2n) is 6.39. The number of imidazole rings is 1. The molecule has 10 heteroatoms. The number of amides is 3. The molecule has 1 aliphatic heterocycles. The van der Waals surface area contributed by atoms with Crippen LogP contribution in [0.4, 0.5) is 0 Å². The van der Waals surface area contributed by atoms with Crippen molar-refractivity contribution in [2.75, 3.05) is 13.1 Å². The molecular weight excluding hydrogens is 352 g/mol. The maximum atomic E-state index is 12.7. The first-order chi connectivity index (χ1) is 13.0. The highest BCUT2D eigenvalue weighted by Gasteiger charge is 2.40. The van der Waals surface area contributed by atoms with Crippen molar-refractivity contribution in [2.24, 2.45) is 0 Å². The molecule has 1 fully saturated rings. The zero-order chi connectivity index (χ0) is 19.4. The summed E-state index contributed by atoms with van der Waals surface area (Å²) in [5.41, 5.74) is 0.341. The van der Waals surface area contributed by atoms with E-state index in [-0.39, 0.29) is 36.9 Å². The number of aryl methyl sites for hydroxylation is 1. The van der Waals surface area contributed by atoms with Crippen LogP contribution in [0.15, 0.2) is 29.4 Å². The molecule has 2 atom stereocenters. The fourth-order valence-corrected chi connectivity index (χ4v) is 3.16. The van der Waals surface area contributed by atoms with Crippen molar-refractivity contribution in [1.82, 2.24) is 30.2 Å². The molecule has 2 aromatic heterocycles. The molecule has 0 radical (unpaired) electrons. The number of likely N-dealkylation sites (N-methyl/N-ethyl adjacent to an activating group) is 1. The number of nitrogens with zero attached hydrogens (tertiary/aromatic N) is 4. The van der Waals surface area contributed by atoms with Gasteiger partial charge < -0.3 is 24.6 Å². The van der Waals surface area contributed by atoms with Gasteiger partial charge in [-0.15, -0.1) is 0 Å². The molecule has 3 amide bonds. The van der Waals surface area contributed by atoms with Crippen molar-refractivity contribution in [3.8, 4) is 0 Å². The van der Waals surface area contributed by atoms with Gasteiger partial charge >= 0.3 is 0 Å². The summed E-state index contributed by atoms with van der Waals surface area (Å²) in [6.45, 7) is 4.27. The van der Waals surface area contributed by atoms with Crippen LogP contribution in [0.1, 0.15) is 29.5 Å². The molecular formula is C17H22N6O4. The van der Waals surface area contributed by atoms with Crippen molar-refractivity contribution in [3.63, 3.8) is 0 Å². The lowest BCUT2D eigenvalue weighted by atomic mass is 10.1. The second-order valence-corrected chi connectivity index (χ2v) is 6.39. The van der Waals surface area contributed by atoms with Crippen molar-refractivity contribution in [1.29, 1.82) is 0 Å². The van der Waals surface area contributed by atoms with E-state index in [1.165, 1.54) is 11.1 Å². The molecule has 0 spiro atoms. The van der Waals surface area contributed by atoms with Gasteiger partial charge in [0.15, 0.2) is 0 Å². The smallest absolute Gasteiger partial charge is 0.256 e. The van der Waals surface area contributed by atoms with E-state index in [1.807, 2.05) is 6.92 Å². The number of rotatable bonds is 6. The summed E-state index contributed by atoms with van der Waals surface area (Å²) in [6.07, 6.45) is 6.51. The van der Waals surface area contributed by atoms with Gasteiger partial charge in [-0.05, 0) is 20.3 Å². The lowest BCUT2D eigenvalue weighted by Crippen LogP contribution is -2.47. The zero-order valence-corrected chi connectivity index (χ0v) is 15.2. The summed E-state index contributed by atoms with van der Waals surface area (Å²) in [5.74, 6) is -0.354. The number of carbonyl (C=O) groups is 3. The standard InChI is InChI=1S/C17H22N6O4/c1-3-19-17(26)14-6-12(21-16(25)13-7-20-27-11(13)2)8-23(14)15(24)9-22-5-4-18-10-22/h4-5,7,10,12,14H,3,6,8-9H2,1-2H3,(H,19,26)(H,21,25)/t12-,14-/m0/s1. The number of hydrogen-bond acceptors (Lipinski definition) is 6. The van der Waals surface area contributed by atoms with E-state index in [2.05, 4.69) is 20.8 Å². The summed E-state index contributed by atoms with van der Waals surface area (Å²) >= 11 is 0. The van der Waals surface area contributed by atoms with Crippen molar-refractivity contribution in [3.05, 3.63) is 36.2 Å². The molecule has 2 N–H and O–H groups in total. The molecule has 144 valence electrons. The fraction of sp³-hybridized carbons (Fsp3) is 0.471. The minimum Gasteiger partial charge on any atom is -0.361 e. The molecule has 2 aromatic rings. The summed E-state index contributed by atoms with van der Waals surface area (Å²) in [5, 5.41) is 9.21. The number of likely N-dealkylation sites (tertiary alicyclic amines) is 1. The van der Waals surface area contributed by atoms with Gasteiger partial charge in [-0.2, -0.15) is 0 Å². The van der Waals surface area contributed by atoms with Crippen molar-refractivity contribution < 1.29 is 18.9 Å². The van der Waals surface area contributed by atoms with Gasteiger partial charge in [-0.1, -0.05) is 5.16 Å². The van der Waals surface area contributed by atoms with Crippen LogP contribution in [-0.4, -0.2) is 62.5 Å². The van der Waals surface area contributed by atoms with E-state index < -0.39 is 6.04 Å². The first-order valence-electron chi connectivity index (χ1n) is 8.74. The summed E-state index contributed by atoms with van der Waals surface area (Å²) in [6, 6.07) is -0.971. The zero-order valence-electron chi connectivity index (χ0n) is 15.2. The predicted molar refractivity (Wildman–Crippen MR) is 93.5 cm³/mol. The van der Waals surface area contributed by atoms with Crippen LogP contribution >= 0.6 is 0 Å². The first kappa shape index (κ1) is 18.6. The summed E-state index contributed by atoms with van der Waals surface area (Å²) in [4.78, 5) is 42.9. The molecule has 0 aliphatic carbocycles. The SMILES string of the molecule is CCNC(=O)[C@@H]1C[C@H](NC(=O)c2cnoc2C)CN1C(=O)Cn1ccnc1. The third-order valence-corrected chi connectivity index (χ3v) is 4.48. The second kappa shape index (κ2) is 8.02. The van der Waals surface area contributed by atoms with E-state index in [0.717, 1.165) is 0 Å². The van der Waals surface area contributed by atoms with Crippen LogP contribution in [0.2, 0.25) is 0 Å². The molecule has 0 saturated carbocycles. The highest BCUT2D eigenvalue weighted by atomic mass is 16.5. The van der Waals surface area contributed by atoms with Gasteiger partial charge in [0, 0.05) is 31.5 Å². The molecule has 0 bridgehead atoms. The van der Waals surface area contributed by atoms with Crippen LogP contribution in [0, 0.1) is 6.92 Å². The molecule has 0 aromatic carbocycles. The lowest BCUT2D eigenvalue weighted by Gasteiger charge is -2.23. The van der Waals surface area contributed by atoms with Gasteiger partial charge in [0.1, 0.15) is 23.9 Å². The Bertz CT molecular complexity index is 815. The normalized spacial score (nSPS) is 19.1. The highest BCUT2D eigenvalue weighted by molar-refractivity contribution is 5.95. The molecule has 27 heavy (non-hydrogen) atoms. The van der Waals surface area contributed by atoms with E-state index in [1.54, 1.807) is 30.2 Å². The van der Waals surface area contributed by atoms with Gasteiger partial charge in [0.25, 0.3) is 5.91 Å². The lowest BCUT2D eigenvalue weighted by molar-refractivity contribution is -0.138. The Morgan fingerprint density at radius 2 is 2.19 bits per heavy atom. The topological polar surface area (TPSA) is 122 Å². The monoisotopic (exact) mass is 374 g/mol. The highest BCUT2D eigenvalue weighted by Crippen LogP contribution is 2.20. The first-order valence-corrected chi connectivity index (χ1v) is 8.74. The summed E-state index contributed by atoms with van der Waals surface area (Å²) in [7, 11) is 0. The molecule has 1 aliphatic rings. The Labute approximate surface area is 155 Å². The van der Waals surface area contributed by atoms with E-state index in [4.69, 9.17) is 4.52 Å². The molecule has 0 unspecified atom stereocenters. The third kappa shape index (κ3) is 4.15. The Balaban J connectivity index is 1.70. The van der Waals surface area contributed by atoms with Gasteiger partial charge in [0.05, 0.1) is 12.5 Å². The Morgan fingerprint density at radius 3 is 2.81 bits per heavy atom. The van der Waals surface area contributed by atoms with E-state index in [0.29, 0.717) is 24.3 Å². The minimum atomic E-state index is -0.630. The maximum Gasteiger partial charge on any atom is 0.256 e. The Kier molecular flexibility index (Phi) is 5.53. The minimum absolute atomic E-state index is 0.0847. The number of nitrogens with one attached hydrogen (secondary N) is 2. The van der Waals surface area contributed by atoms with Gasteiger partial charge in [-0.25, -0.2) is 4.98 Å². The number of carbonyl (C=O) groups excluding carboxylic acids is 3. The average Bonchev–Trinajstić information content (AvgIpc) is 3.35. The summed E-state index contributed by atoms with van der Waals surface area (Å²) < 4.78 is 6.55. The Morgan fingerprint density at radius 1 is 1.37 bits per heavy atom. The van der Waals surface area contributed by atoms with Crippen molar-refractivity contribution >= 4 is 17.7 Å². The quantitative estimate of drug-likeness (QED) is 0.717. The van der Waals surface area contributed by atoms with E-state index >= 15 is 0 Å². The van der Waals surface area contributed by atoms with Crippen LogP contribution in [0.3, 0.4) is 0 Å². The number of hydrogen-bond donors (Lipinski definition) is 2. The molecule has 10 nitrogen and oxygen atoms in total. The van der Waals surface area contributed by atoms with Gasteiger partial charge in [0.2, 0.25) is 11.8 Å². The predicted octanol–water partition coefficient (Wildman–Crippen LogP) is -0.285. The third-order valence-electron chi connectivity index (χ3n) is 4.48. The van der Waals surface area contributed by atoms with Crippen molar-refractivity contribution in [2.45, 2.75) is 38.9 Å². The van der Waals surface area contributed by atoms with E-state index in [9.17, 15) is 14.4 Å². The molecule has 3 heterocycles. The molecule has 3 rings (SSSR count).